The zero-order valence-electron chi connectivity index (χ0n) is 13.4. The van der Waals surface area contributed by atoms with Gasteiger partial charge in [0.2, 0.25) is 11.8 Å². The second-order valence-corrected chi connectivity index (χ2v) is 6.19. The van der Waals surface area contributed by atoms with E-state index in [1.165, 1.54) is 18.6 Å². The Morgan fingerprint density at radius 3 is 2.26 bits per heavy atom. The molecule has 0 radical (unpaired) electrons. The lowest BCUT2D eigenvalue weighted by Crippen LogP contribution is -2.51. The highest BCUT2D eigenvalue weighted by molar-refractivity contribution is 5.92. The number of amides is 3. The molecule has 124 valence electrons. The predicted octanol–water partition coefficient (Wildman–Crippen LogP) is -0.337. The molecule has 3 amide bonds. The number of rotatable bonds is 4. The molecule has 1 aromatic rings. The minimum Gasteiger partial charge on any atom is -0.369 e. The van der Waals surface area contributed by atoms with Crippen LogP contribution in [0.5, 0.6) is 0 Å². The number of carbonyl (C=O) groups excluding carboxylic acids is 3. The van der Waals surface area contributed by atoms with Gasteiger partial charge in [0, 0.05) is 45.0 Å². The van der Waals surface area contributed by atoms with E-state index in [0.717, 1.165) is 0 Å². The molecule has 2 rings (SSSR count). The maximum atomic E-state index is 12.3. The van der Waals surface area contributed by atoms with Crippen LogP contribution in [-0.4, -0.2) is 63.7 Å². The van der Waals surface area contributed by atoms with E-state index < -0.39 is 11.3 Å². The molecule has 0 bridgehead atoms. The Bertz CT molecular complexity index is 594. The van der Waals surface area contributed by atoms with Crippen LogP contribution in [0.3, 0.4) is 0 Å². The summed E-state index contributed by atoms with van der Waals surface area (Å²) in [5.74, 6) is -0.814. The minimum absolute atomic E-state index is 0.0699. The van der Waals surface area contributed by atoms with E-state index in [1.807, 2.05) is 0 Å². The van der Waals surface area contributed by atoms with Crippen molar-refractivity contribution < 1.29 is 14.4 Å². The van der Waals surface area contributed by atoms with E-state index in [2.05, 4.69) is 9.97 Å². The number of nitrogens with zero attached hydrogens (tertiary/aromatic N) is 4. The van der Waals surface area contributed by atoms with Gasteiger partial charge >= 0.3 is 0 Å². The van der Waals surface area contributed by atoms with Gasteiger partial charge in [-0.05, 0) is 0 Å². The molecular weight excluding hydrogens is 298 g/mol. The first-order chi connectivity index (χ1) is 10.8. The second-order valence-electron chi connectivity index (χ2n) is 6.19. The molecule has 0 unspecified atom stereocenters. The fourth-order valence-electron chi connectivity index (χ4n) is 2.31. The zero-order chi connectivity index (χ0) is 17.0. The Morgan fingerprint density at radius 1 is 1.13 bits per heavy atom. The van der Waals surface area contributed by atoms with Gasteiger partial charge < -0.3 is 15.5 Å². The Morgan fingerprint density at radius 2 is 1.74 bits per heavy atom. The summed E-state index contributed by atoms with van der Waals surface area (Å²) in [6.07, 6.45) is 4.47. The lowest BCUT2D eigenvalue weighted by Gasteiger charge is -2.35. The van der Waals surface area contributed by atoms with Crippen molar-refractivity contribution in [1.29, 1.82) is 0 Å². The smallest absolute Gasteiger partial charge is 0.274 e. The number of primary amides is 1. The lowest BCUT2D eigenvalue weighted by molar-refractivity contribution is -0.139. The van der Waals surface area contributed by atoms with Gasteiger partial charge in [0.1, 0.15) is 5.69 Å². The van der Waals surface area contributed by atoms with Gasteiger partial charge in [0.05, 0.1) is 11.6 Å². The van der Waals surface area contributed by atoms with Crippen LogP contribution in [0.25, 0.3) is 0 Å². The number of hydrogen-bond acceptors (Lipinski definition) is 5. The molecule has 1 saturated heterocycles. The molecule has 0 aromatic carbocycles. The molecule has 1 fully saturated rings. The normalized spacial score (nSPS) is 15.4. The van der Waals surface area contributed by atoms with Crippen molar-refractivity contribution in [1.82, 2.24) is 19.8 Å². The Kier molecular flexibility index (Phi) is 4.92. The summed E-state index contributed by atoms with van der Waals surface area (Å²) in [7, 11) is 0. The van der Waals surface area contributed by atoms with Gasteiger partial charge in [-0.2, -0.15) is 0 Å². The minimum atomic E-state index is -0.871. The summed E-state index contributed by atoms with van der Waals surface area (Å²) in [6, 6.07) is 0. The van der Waals surface area contributed by atoms with Gasteiger partial charge in [0.25, 0.3) is 5.91 Å². The van der Waals surface area contributed by atoms with Crippen LogP contribution >= 0.6 is 0 Å². The molecule has 2 N–H and O–H groups in total. The molecule has 0 spiro atoms. The average Bonchev–Trinajstić information content (AvgIpc) is 2.54. The van der Waals surface area contributed by atoms with Gasteiger partial charge in [-0.15, -0.1) is 0 Å². The summed E-state index contributed by atoms with van der Waals surface area (Å²) in [5, 5.41) is 0. The van der Waals surface area contributed by atoms with Gasteiger partial charge in [-0.1, -0.05) is 13.8 Å². The van der Waals surface area contributed by atoms with Crippen LogP contribution in [0, 0.1) is 5.41 Å². The van der Waals surface area contributed by atoms with Crippen molar-refractivity contribution in [2.24, 2.45) is 11.1 Å². The van der Waals surface area contributed by atoms with E-state index in [9.17, 15) is 14.4 Å². The molecule has 1 aliphatic heterocycles. The standard InChI is InChI=1S/C15H21N5O3/c1-15(2,14(16)23)9-12(21)19-5-7-20(8-6-19)13(22)11-10-17-3-4-18-11/h3-4,10H,5-9H2,1-2H3,(H2,16,23). The molecular formula is C15H21N5O3. The van der Waals surface area contributed by atoms with Crippen LogP contribution in [0.4, 0.5) is 0 Å². The molecule has 8 nitrogen and oxygen atoms in total. The molecule has 0 atom stereocenters. The maximum absolute atomic E-state index is 12.3. The summed E-state index contributed by atoms with van der Waals surface area (Å²) in [5.41, 5.74) is 4.72. The number of piperazine rings is 1. The van der Waals surface area contributed by atoms with Gasteiger partial charge in [0.15, 0.2) is 0 Å². The maximum Gasteiger partial charge on any atom is 0.274 e. The first-order valence-corrected chi connectivity index (χ1v) is 7.44. The number of carbonyl (C=O) groups is 3. The largest absolute Gasteiger partial charge is 0.369 e. The lowest BCUT2D eigenvalue weighted by atomic mass is 9.88. The van der Waals surface area contributed by atoms with E-state index in [-0.39, 0.29) is 18.2 Å². The van der Waals surface area contributed by atoms with Crippen LogP contribution in [0.15, 0.2) is 18.6 Å². The van der Waals surface area contributed by atoms with Crippen LogP contribution < -0.4 is 5.73 Å². The molecule has 23 heavy (non-hydrogen) atoms. The topological polar surface area (TPSA) is 109 Å². The number of hydrogen-bond donors (Lipinski definition) is 1. The van der Waals surface area contributed by atoms with Crippen molar-refractivity contribution in [3.8, 4) is 0 Å². The van der Waals surface area contributed by atoms with E-state index in [0.29, 0.717) is 31.9 Å². The van der Waals surface area contributed by atoms with Crippen molar-refractivity contribution in [3.05, 3.63) is 24.3 Å². The Hall–Kier alpha value is -2.51. The van der Waals surface area contributed by atoms with E-state index in [4.69, 9.17) is 5.73 Å². The van der Waals surface area contributed by atoms with Crippen molar-refractivity contribution >= 4 is 17.7 Å². The third-order valence-electron chi connectivity index (χ3n) is 3.96. The Labute approximate surface area is 134 Å². The molecule has 1 aliphatic rings. The second kappa shape index (κ2) is 6.72. The third kappa shape index (κ3) is 4.02. The summed E-state index contributed by atoms with van der Waals surface area (Å²) >= 11 is 0. The van der Waals surface area contributed by atoms with Gasteiger partial charge in [-0.25, -0.2) is 4.98 Å². The van der Waals surface area contributed by atoms with Crippen molar-refractivity contribution in [2.45, 2.75) is 20.3 Å². The Balaban J connectivity index is 1.90. The summed E-state index contributed by atoms with van der Waals surface area (Å²) in [6.45, 7) is 5.03. The fourth-order valence-corrected chi connectivity index (χ4v) is 2.31. The monoisotopic (exact) mass is 319 g/mol. The molecule has 0 aliphatic carbocycles. The molecule has 2 heterocycles. The first kappa shape index (κ1) is 16.9. The van der Waals surface area contributed by atoms with Crippen molar-refractivity contribution in [2.75, 3.05) is 26.2 Å². The first-order valence-electron chi connectivity index (χ1n) is 7.44. The molecule has 0 saturated carbocycles. The number of nitrogens with two attached hydrogens (primary N) is 1. The van der Waals surface area contributed by atoms with Crippen LogP contribution in [0.1, 0.15) is 30.8 Å². The highest BCUT2D eigenvalue weighted by Crippen LogP contribution is 2.21. The zero-order valence-corrected chi connectivity index (χ0v) is 13.4. The molecule has 1 aromatic heterocycles. The van der Waals surface area contributed by atoms with Gasteiger partial charge in [-0.3, -0.25) is 19.4 Å². The third-order valence-corrected chi connectivity index (χ3v) is 3.96. The van der Waals surface area contributed by atoms with Crippen LogP contribution in [0.2, 0.25) is 0 Å². The molecule has 8 heteroatoms. The average molecular weight is 319 g/mol. The van der Waals surface area contributed by atoms with E-state index in [1.54, 1.807) is 23.6 Å². The highest BCUT2D eigenvalue weighted by atomic mass is 16.2. The highest BCUT2D eigenvalue weighted by Gasteiger charge is 2.32. The van der Waals surface area contributed by atoms with Crippen molar-refractivity contribution in [3.63, 3.8) is 0 Å². The fraction of sp³-hybridized carbons (Fsp3) is 0.533. The SMILES string of the molecule is CC(C)(CC(=O)N1CCN(C(=O)c2cnccn2)CC1)C(N)=O. The quantitative estimate of drug-likeness (QED) is 0.816. The van der Waals surface area contributed by atoms with Crippen LogP contribution in [-0.2, 0) is 9.59 Å². The van der Waals surface area contributed by atoms with E-state index >= 15 is 0 Å². The predicted molar refractivity (Wildman–Crippen MR) is 82.1 cm³/mol. The summed E-state index contributed by atoms with van der Waals surface area (Å²) in [4.78, 5) is 47.0. The number of aromatic nitrogens is 2. The summed E-state index contributed by atoms with van der Waals surface area (Å²) < 4.78 is 0.